The Morgan fingerprint density at radius 1 is 0.569 bits per heavy atom. The molecule has 0 aliphatic carbocycles. The number of amides is 1. The molecule has 0 aliphatic heterocycles. The fourth-order valence-corrected chi connectivity index (χ4v) is 7.60. The van der Waals surface area contributed by atoms with E-state index in [-0.39, 0.29) is 25.7 Å². The number of hydrogen-bond acceptors (Lipinski definition) is 6. The van der Waals surface area contributed by atoms with Crippen LogP contribution < -0.4 is 11.1 Å². The zero-order chi connectivity index (χ0) is 37.5. The van der Waals surface area contributed by atoms with Gasteiger partial charge in [0.05, 0.1) is 25.4 Å². The van der Waals surface area contributed by atoms with Crippen LogP contribution in [0.2, 0.25) is 0 Å². The zero-order valence-corrected chi connectivity index (χ0v) is 34.8. The Morgan fingerprint density at radius 2 is 0.902 bits per heavy atom. The Morgan fingerprint density at radius 3 is 1.25 bits per heavy atom. The van der Waals surface area contributed by atoms with Crippen molar-refractivity contribution in [3.8, 4) is 0 Å². The maximum atomic E-state index is 12.8. The largest absolute Gasteiger partial charge is 0.472 e. The SMILES string of the molecule is CCCCCCCCCCCCCCCCCCCCCCCC(=O)NC(COP(=O)(O)OCCN)C(O)CCCCCCCCCCCCC. The minimum absolute atomic E-state index is 0.0923. The monoisotopic (exact) mass is 747 g/mol. The summed E-state index contributed by atoms with van der Waals surface area (Å²) < 4.78 is 22.1. The highest BCUT2D eigenvalue weighted by atomic mass is 31.2. The van der Waals surface area contributed by atoms with Crippen molar-refractivity contribution in [1.29, 1.82) is 0 Å². The maximum Gasteiger partial charge on any atom is 0.472 e. The van der Waals surface area contributed by atoms with Gasteiger partial charge >= 0.3 is 7.82 Å². The van der Waals surface area contributed by atoms with E-state index in [0.717, 1.165) is 38.5 Å². The Kier molecular flexibility index (Phi) is 38.8. The highest BCUT2D eigenvalue weighted by molar-refractivity contribution is 7.47. The van der Waals surface area contributed by atoms with Crippen molar-refractivity contribution < 1.29 is 28.4 Å². The normalized spacial score (nSPS) is 14.1. The lowest BCUT2D eigenvalue weighted by atomic mass is 10.0. The van der Waals surface area contributed by atoms with Crippen LogP contribution >= 0.6 is 7.82 Å². The summed E-state index contributed by atoms with van der Waals surface area (Å²) in [5.74, 6) is -0.157. The molecule has 3 atom stereocenters. The van der Waals surface area contributed by atoms with Gasteiger partial charge in [0.25, 0.3) is 0 Å². The molecule has 51 heavy (non-hydrogen) atoms. The van der Waals surface area contributed by atoms with Crippen molar-refractivity contribution in [3.63, 3.8) is 0 Å². The van der Waals surface area contributed by atoms with Gasteiger partial charge in [0.1, 0.15) is 0 Å². The van der Waals surface area contributed by atoms with Crippen molar-refractivity contribution in [2.45, 2.75) is 244 Å². The van der Waals surface area contributed by atoms with E-state index < -0.39 is 20.0 Å². The van der Waals surface area contributed by atoms with Gasteiger partial charge < -0.3 is 21.1 Å². The van der Waals surface area contributed by atoms with E-state index in [1.54, 1.807) is 0 Å². The summed E-state index contributed by atoms with van der Waals surface area (Å²) in [6.07, 6.45) is 41.2. The molecule has 306 valence electrons. The molecule has 0 fully saturated rings. The molecule has 8 nitrogen and oxygen atoms in total. The number of nitrogens with one attached hydrogen (secondary N) is 1. The molecule has 0 rings (SSSR count). The predicted molar refractivity (Wildman–Crippen MR) is 217 cm³/mol. The number of carbonyl (C=O) groups excluding carboxylic acids is 1. The highest BCUT2D eigenvalue weighted by Crippen LogP contribution is 2.43. The molecular weight excluding hydrogens is 659 g/mol. The summed E-state index contributed by atoms with van der Waals surface area (Å²) in [4.78, 5) is 22.7. The summed E-state index contributed by atoms with van der Waals surface area (Å²) in [6.45, 7) is 4.22. The average molecular weight is 747 g/mol. The summed E-state index contributed by atoms with van der Waals surface area (Å²) in [5.41, 5.74) is 5.37. The second-order valence-corrected chi connectivity index (χ2v) is 16.7. The first kappa shape index (κ1) is 50.5. The van der Waals surface area contributed by atoms with Crippen LogP contribution in [0.5, 0.6) is 0 Å². The van der Waals surface area contributed by atoms with Crippen LogP contribution in [-0.4, -0.2) is 47.8 Å². The molecule has 0 aromatic heterocycles. The van der Waals surface area contributed by atoms with E-state index in [2.05, 4.69) is 19.2 Å². The average Bonchev–Trinajstić information content (AvgIpc) is 3.12. The molecule has 0 spiro atoms. The predicted octanol–water partition coefficient (Wildman–Crippen LogP) is 12.2. The second-order valence-electron chi connectivity index (χ2n) is 15.3. The summed E-state index contributed by atoms with van der Waals surface area (Å²) in [6, 6.07) is -0.766. The number of hydrogen-bond donors (Lipinski definition) is 4. The third-order valence-corrected chi connectivity index (χ3v) is 11.2. The zero-order valence-electron chi connectivity index (χ0n) is 33.9. The first-order chi connectivity index (χ1) is 24.9. The van der Waals surface area contributed by atoms with Crippen LogP contribution in [0.4, 0.5) is 0 Å². The van der Waals surface area contributed by atoms with Crippen LogP contribution in [0.1, 0.15) is 232 Å². The third kappa shape index (κ3) is 37.6. The molecule has 0 saturated carbocycles. The van der Waals surface area contributed by atoms with E-state index >= 15 is 0 Å². The van der Waals surface area contributed by atoms with Crippen LogP contribution in [-0.2, 0) is 18.4 Å². The van der Waals surface area contributed by atoms with Gasteiger partial charge in [-0.1, -0.05) is 213 Å². The summed E-state index contributed by atoms with van der Waals surface area (Å²) in [5, 5.41) is 13.8. The van der Waals surface area contributed by atoms with Gasteiger partial charge in [-0.05, 0) is 12.8 Å². The smallest absolute Gasteiger partial charge is 0.391 e. The van der Waals surface area contributed by atoms with Gasteiger partial charge in [-0.15, -0.1) is 0 Å². The molecule has 1 amide bonds. The first-order valence-electron chi connectivity index (χ1n) is 22.2. The van der Waals surface area contributed by atoms with E-state index in [1.165, 1.54) is 167 Å². The third-order valence-electron chi connectivity index (χ3n) is 10.2. The van der Waals surface area contributed by atoms with E-state index in [4.69, 9.17) is 14.8 Å². The molecule has 0 heterocycles. The van der Waals surface area contributed by atoms with E-state index in [0.29, 0.717) is 12.8 Å². The molecule has 3 unspecified atom stereocenters. The van der Waals surface area contributed by atoms with Crippen LogP contribution in [0.25, 0.3) is 0 Å². The molecule has 0 aromatic carbocycles. The lowest BCUT2D eigenvalue weighted by molar-refractivity contribution is -0.123. The molecule has 0 radical (unpaired) electrons. The number of unbranched alkanes of at least 4 members (excludes halogenated alkanes) is 30. The minimum Gasteiger partial charge on any atom is -0.391 e. The van der Waals surface area contributed by atoms with Gasteiger partial charge in [0.2, 0.25) is 5.91 Å². The van der Waals surface area contributed by atoms with Crippen LogP contribution in [0, 0.1) is 0 Å². The van der Waals surface area contributed by atoms with Gasteiger partial charge in [-0.25, -0.2) is 4.57 Å². The quantitative estimate of drug-likeness (QED) is 0.0361. The number of phosphoric ester groups is 1. The van der Waals surface area contributed by atoms with Crippen molar-refractivity contribution in [1.82, 2.24) is 5.32 Å². The molecule has 0 bridgehead atoms. The molecule has 0 aromatic rings. The number of rotatable bonds is 42. The Hall–Kier alpha value is -0.500. The van der Waals surface area contributed by atoms with Gasteiger partial charge in [-0.3, -0.25) is 13.8 Å². The van der Waals surface area contributed by atoms with Gasteiger partial charge in [0, 0.05) is 13.0 Å². The first-order valence-corrected chi connectivity index (χ1v) is 23.6. The fraction of sp³-hybridized carbons (Fsp3) is 0.976. The van der Waals surface area contributed by atoms with Crippen molar-refractivity contribution in [2.24, 2.45) is 5.73 Å². The summed E-state index contributed by atoms with van der Waals surface area (Å²) >= 11 is 0. The number of carbonyl (C=O) groups is 1. The standard InChI is InChI=1S/C42H87N2O6P/c1-3-5-7-9-11-13-15-16-17-18-19-20-21-22-23-24-26-28-30-32-34-36-42(46)44-40(39-50-51(47,48)49-38-37-43)41(45)35-33-31-29-27-25-14-12-10-8-6-4-2/h40-41,45H,3-39,43H2,1-2H3,(H,44,46)(H,47,48). The second kappa shape index (κ2) is 39.2. The molecule has 0 aliphatic rings. The summed E-state index contributed by atoms with van der Waals surface area (Å²) in [7, 11) is -4.30. The van der Waals surface area contributed by atoms with Crippen LogP contribution in [0.15, 0.2) is 0 Å². The van der Waals surface area contributed by atoms with E-state index in [9.17, 15) is 19.4 Å². The number of nitrogens with two attached hydrogens (primary N) is 1. The van der Waals surface area contributed by atoms with Crippen molar-refractivity contribution in [3.05, 3.63) is 0 Å². The maximum absolute atomic E-state index is 12.8. The Balaban J connectivity index is 4.01. The number of phosphoric acid groups is 1. The lowest BCUT2D eigenvalue weighted by Crippen LogP contribution is -2.46. The molecule has 9 heteroatoms. The Labute approximate surface area is 316 Å². The number of aliphatic hydroxyl groups excluding tert-OH is 1. The fourth-order valence-electron chi connectivity index (χ4n) is 6.84. The van der Waals surface area contributed by atoms with E-state index in [1.807, 2.05) is 0 Å². The Bertz CT molecular complexity index is 774. The molecule has 5 N–H and O–H groups in total. The molecule has 0 saturated heterocycles. The number of aliphatic hydroxyl groups is 1. The molecular formula is C42H87N2O6P. The lowest BCUT2D eigenvalue weighted by Gasteiger charge is -2.25. The topological polar surface area (TPSA) is 131 Å². The minimum atomic E-state index is -4.30. The van der Waals surface area contributed by atoms with Crippen molar-refractivity contribution >= 4 is 13.7 Å². The van der Waals surface area contributed by atoms with Crippen molar-refractivity contribution in [2.75, 3.05) is 19.8 Å². The van der Waals surface area contributed by atoms with Crippen LogP contribution in [0.3, 0.4) is 0 Å². The van der Waals surface area contributed by atoms with Gasteiger partial charge in [0.15, 0.2) is 0 Å². The highest BCUT2D eigenvalue weighted by Gasteiger charge is 2.27. The van der Waals surface area contributed by atoms with Gasteiger partial charge in [-0.2, -0.15) is 0 Å².